The van der Waals surface area contributed by atoms with E-state index >= 15 is 0 Å². The molecule has 0 saturated carbocycles. The molecule has 0 bridgehead atoms. The van der Waals surface area contributed by atoms with Gasteiger partial charge >= 0.3 is 0 Å². The van der Waals surface area contributed by atoms with Crippen LogP contribution in [-0.4, -0.2) is 125 Å². The van der Waals surface area contributed by atoms with Crippen LogP contribution in [0.4, 0.5) is 5.95 Å². The summed E-state index contributed by atoms with van der Waals surface area (Å²) in [4.78, 5) is 39.8. The number of pyridine rings is 1. The smallest absolute Gasteiger partial charge is 0.251 e. The van der Waals surface area contributed by atoms with Crippen LogP contribution in [0.1, 0.15) is 36.9 Å². The van der Waals surface area contributed by atoms with Crippen molar-refractivity contribution in [2.24, 2.45) is 0 Å². The van der Waals surface area contributed by atoms with Crippen molar-refractivity contribution in [2.45, 2.75) is 47.0 Å². The fourth-order valence-electron chi connectivity index (χ4n) is 7.66. The number of anilines is 1. The molecule has 0 spiro atoms. The molecule has 16 heteroatoms. The number of carbonyl (C=O) groups is 1. The molecule has 5 rings (SSSR count). The second kappa shape index (κ2) is 12.8. The Kier molecular flexibility index (Phi) is 9.55. The zero-order chi connectivity index (χ0) is 33.5. The molecule has 0 aliphatic carbocycles. The van der Waals surface area contributed by atoms with Crippen molar-refractivity contribution >= 4 is 77.8 Å². The highest BCUT2D eigenvalue weighted by molar-refractivity contribution is 6.68. The molecule has 1 N–H and O–H groups in total. The van der Waals surface area contributed by atoms with Crippen LogP contribution < -0.4 is 10.9 Å². The van der Waals surface area contributed by atoms with E-state index in [0.29, 0.717) is 24.7 Å². The number of hydrogen-bond acceptors (Lipinski definition) is 7. The lowest BCUT2D eigenvalue weighted by Gasteiger charge is -2.54. The van der Waals surface area contributed by atoms with Gasteiger partial charge in [-0.15, -0.1) is 0 Å². The molecular formula is C30H45B7N6O3. The molecule has 2 fully saturated rings. The molecule has 2 aromatic heterocycles. The van der Waals surface area contributed by atoms with E-state index in [-0.39, 0.29) is 33.3 Å². The summed E-state index contributed by atoms with van der Waals surface area (Å²) in [5, 5.41) is 3.88. The minimum absolute atomic E-state index is 0.00243. The number of piperazine rings is 1. The Hall–Kier alpha value is -3.11. The molecular weight excluding hydrogens is 568 g/mol. The number of rotatable bonds is 9. The number of benzene rings is 1. The lowest BCUT2D eigenvalue weighted by molar-refractivity contribution is -0.130. The highest BCUT2D eigenvalue weighted by Gasteiger charge is 2.48. The minimum atomic E-state index is -0.530. The Balaban J connectivity index is 1.42. The summed E-state index contributed by atoms with van der Waals surface area (Å²) in [6.07, 6.45) is 5.05. The zero-order valence-electron chi connectivity index (χ0n) is 29.0. The van der Waals surface area contributed by atoms with Gasteiger partial charge in [0.2, 0.25) is 11.9 Å². The summed E-state index contributed by atoms with van der Waals surface area (Å²) in [6, 6.07) is 12.3. The average Bonchev–Trinajstić information content (AvgIpc) is 3.03. The van der Waals surface area contributed by atoms with E-state index in [9.17, 15) is 9.59 Å². The van der Waals surface area contributed by atoms with Crippen LogP contribution in [0.3, 0.4) is 0 Å². The molecule has 2 saturated heterocycles. The van der Waals surface area contributed by atoms with Crippen molar-refractivity contribution < 1.29 is 9.53 Å². The molecule has 2 aliphatic heterocycles. The second-order valence-electron chi connectivity index (χ2n) is 15.2. The van der Waals surface area contributed by atoms with Gasteiger partial charge in [0, 0.05) is 57.0 Å². The monoisotopic (exact) mass is 614 g/mol. The van der Waals surface area contributed by atoms with Crippen LogP contribution in [-0.2, 0) is 20.5 Å². The van der Waals surface area contributed by atoms with Gasteiger partial charge in [0.15, 0.2) is 0 Å². The number of nitrogens with zero attached hydrogens (tertiary/aromatic N) is 5. The van der Waals surface area contributed by atoms with Crippen molar-refractivity contribution in [3.05, 3.63) is 76.7 Å². The fourth-order valence-corrected chi connectivity index (χ4v) is 7.66. The molecule has 9 nitrogen and oxygen atoms in total. The molecule has 234 valence electrons. The van der Waals surface area contributed by atoms with Crippen molar-refractivity contribution in [1.29, 1.82) is 0 Å². The van der Waals surface area contributed by atoms with Crippen LogP contribution in [0.2, 0.25) is 10.2 Å². The van der Waals surface area contributed by atoms with E-state index in [1.165, 1.54) is 11.6 Å². The SMILES string of the molecule is BC(B)(B)C(B)(n1c(=O)ccc2cnc(N[C@@H](C)c3ccc(C4(N5CCN(C(=O)C=C)CC5)CCOCC4)cc3)nc21)C(B)(B)B. The van der Waals surface area contributed by atoms with Gasteiger partial charge in [-0.2, -0.15) is 4.98 Å². The first-order valence-corrected chi connectivity index (χ1v) is 16.6. The molecule has 46 heavy (non-hydrogen) atoms. The number of carbonyl (C=O) groups excluding carboxylic acids is 1. The first-order valence-electron chi connectivity index (χ1n) is 16.6. The van der Waals surface area contributed by atoms with E-state index in [1.807, 2.05) is 15.5 Å². The quantitative estimate of drug-likeness (QED) is 0.198. The number of amides is 1. The Bertz CT molecular complexity index is 1630. The van der Waals surface area contributed by atoms with E-state index < -0.39 is 5.44 Å². The van der Waals surface area contributed by atoms with Gasteiger partial charge in [0.1, 0.15) is 13.5 Å². The second-order valence-corrected chi connectivity index (χ2v) is 15.2. The summed E-state index contributed by atoms with van der Waals surface area (Å²) < 4.78 is 7.68. The molecule has 1 amide bonds. The van der Waals surface area contributed by atoms with E-state index in [0.717, 1.165) is 50.1 Å². The Morgan fingerprint density at radius 3 is 2.15 bits per heavy atom. The van der Waals surface area contributed by atoms with Gasteiger partial charge in [0.25, 0.3) is 5.56 Å². The van der Waals surface area contributed by atoms with Crippen molar-refractivity contribution in [3.63, 3.8) is 0 Å². The number of fused-ring (bicyclic) bond motifs is 1. The standard InChI is InChI=1S/C30H45B7N6O3/c1-3-23(44)41-12-14-42(15-13-41)27(10-16-46-17-11-27)22-7-4-20(5-8-22)19(2)39-26-38-18-21-6-9-24(45)43(25(21)40-26)28(31,29(32,33)34)30(35,36)37/h3-9,18-19H,1,10-17,31-37H2,2H3,(H,38,39,40)/t19-/m0/s1. The number of ether oxygens (including phenoxy) is 1. The van der Waals surface area contributed by atoms with Gasteiger partial charge in [-0.1, -0.05) is 41.1 Å². The van der Waals surface area contributed by atoms with Gasteiger partial charge in [-0.05, 0) is 48.5 Å². The fraction of sp³-hybridized carbons (Fsp3) is 0.467. The summed E-state index contributed by atoms with van der Waals surface area (Å²) in [5.41, 5.74) is 2.33. The zero-order valence-corrected chi connectivity index (χ0v) is 29.0. The van der Waals surface area contributed by atoms with Crippen LogP contribution in [0.25, 0.3) is 11.0 Å². The van der Waals surface area contributed by atoms with Crippen LogP contribution in [0, 0.1) is 0 Å². The Morgan fingerprint density at radius 2 is 1.59 bits per heavy atom. The Labute approximate surface area is 279 Å². The van der Waals surface area contributed by atoms with Crippen molar-refractivity contribution in [3.8, 4) is 0 Å². The van der Waals surface area contributed by atoms with Crippen LogP contribution in [0.15, 0.2) is 60.0 Å². The minimum Gasteiger partial charge on any atom is -0.381 e. The largest absolute Gasteiger partial charge is 0.381 e. The topological polar surface area (TPSA) is 92.6 Å². The van der Waals surface area contributed by atoms with Gasteiger partial charge in [-0.3, -0.25) is 19.1 Å². The van der Waals surface area contributed by atoms with Gasteiger partial charge in [0.05, 0.1) is 58.7 Å². The highest BCUT2D eigenvalue weighted by Crippen LogP contribution is 2.46. The summed E-state index contributed by atoms with van der Waals surface area (Å²) in [5.74, 6) is 0.490. The summed E-state index contributed by atoms with van der Waals surface area (Å²) in [6.45, 7) is 10.3. The molecule has 2 aliphatic rings. The third-order valence-corrected chi connectivity index (χ3v) is 11.0. The number of aromatic nitrogens is 3. The molecule has 0 unspecified atom stereocenters. The lowest BCUT2D eigenvalue weighted by Crippen LogP contribution is -2.60. The molecule has 3 aromatic rings. The van der Waals surface area contributed by atoms with Crippen LogP contribution >= 0.6 is 0 Å². The first kappa shape index (κ1) is 34.2. The number of hydrogen-bond donors (Lipinski definition) is 1. The average molecular weight is 613 g/mol. The van der Waals surface area contributed by atoms with Crippen LogP contribution in [0.5, 0.6) is 0 Å². The van der Waals surface area contributed by atoms with E-state index in [4.69, 9.17) is 9.72 Å². The molecule has 0 radical (unpaired) electrons. The van der Waals surface area contributed by atoms with E-state index in [1.54, 1.807) is 12.3 Å². The molecule has 1 atom stereocenters. The van der Waals surface area contributed by atoms with Crippen molar-refractivity contribution in [1.82, 2.24) is 24.3 Å². The third kappa shape index (κ3) is 6.15. The lowest BCUT2D eigenvalue weighted by atomic mass is 9.18. The maximum absolute atomic E-state index is 13.5. The van der Waals surface area contributed by atoms with Gasteiger partial charge in [-0.25, -0.2) is 4.98 Å². The predicted octanol–water partition coefficient (Wildman–Crippen LogP) is -3.47. The first-order chi connectivity index (χ1) is 21.6. The predicted molar refractivity (Wildman–Crippen MR) is 206 cm³/mol. The molecule has 1 aromatic carbocycles. The number of nitrogens with one attached hydrogen (secondary N) is 1. The maximum atomic E-state index is 13.5. The normalized spacial score (nSPS) is 18.6. The van der Waals surface area contributed by atoms with Crippen molar-refractivity contribution in [2.75, 3.05) is 44.7 Å². The van der Waals surface area contributed by atoms with E-state index in [2.05, 4.69) is 108 Å². The Morgan fingerprint density at radius 1 is 0.978 bits per heavy atom. The highest BCUT2D eigenvalue weighted by atomic mass is 16.5. The summed E-state index contributed by atoms with van der Waals surface area (Å²) in [7, 11) is 15.3. The maximum Gasteiger partial charge on any atom is 0.251 e. The summed E-state index contributed by atoms with van der Waals surface area (Å²) >= 11 is 0. The third-order valence-electron chi connectivity index (χ3n) is 11.0. The van der Waals surface area contributed by atoms with Gasteiger partial charge < -0.3 is 15.0 Å². The molecule has 4 heterocycles.